The third kappa shape index (κ3) is 8.68. The van der Waals surface area contributed by atoms with Crippen molar-refractivity contribution in [2.75, 3.05) is 5.75 Å². The summed E-state index contributed by atoms with van der Waals surface area (Å²) in [6.45, 7) is 0.884. The van der Waals surface area contributed by atoms with Crippen molar-refractivity contribution in [2.45, 2.75) is 49.3 Å². The Morgan fingerprint density at radius 2 is 2.24 bits per heavy atom. The fourth-order valence-corrected chi connectivity index (χ4v) is 2.62. The Balaban J connectivity index is 2.00. The predicted octanol–water partition coefficient (Wildman–Crippen LogP) is 3.00. The van der Waals surface area contributed by atoms with Gasteiger partial charge >= 0.3 is 0 Å². The molecule has 1 aliphatic rings. The SMILES string of the molecule is CC(F)(F)SCCCC(N)SC(=O)NC1CC1. The van der Waals surface area contributed by atoms with Gasteiger partial charge in [0.25, 0.3) is 10.5 Å². The molecule has 0 radical (unpaired) electrons. The van der Waals surface area contributed by atoms with E-state index in [-0.39, 0.29) is 10.6 Å². The van der Waals surface area contributed by atoms with Crippen LogP contribution in [0, 0.1) is 0 Å². The Morgan fingerprint density at radius 3 is 2.76 bits per heavy atom. The van der Waals surface area contributed by atoms with Crippen molar-refractivity contribution in [3.8, 4) is 0 Å². The van der Waals surface area contributed by atoms with Gasteiger partial charge in [-0.2, -0.15) is 8.78 Å². The standard InChI is InChI=1S/C10H18F2N2OS2/c1-10(11,12)16-6-2-3-8(13)17-9(15)14-7-4-5-7/h7-8H,2-6,13H2,1H3,(H,14,15). The van der Waals surface area contributed by atoms with E-state index in [0.29, 0.717) is 36.4 Å². The number of thioether (sulfide) groups is 2. The van der Waals surface area contributed by atoms with Crippen molar-refractivity contribution in [2.24, 2.45) is 5.73 Å². The van der Waals surface area contributed by atoms with Gasteiger partial charge in [0.15, 0.2) is 0 Å². The second-order valence-corrected chi connectivity index (χ2v) is 6.79. The molecule has 3 N–H and O–H groups in total. The lowest BCUT2D eigenvalue weighted by atomic mass is 10.3. The van der Waals surface area contributed by atoms with Crippen LogP contribution in [0.2, 0.25) is 0 Å². The van der Waals surface area contributed by atoms with Gasteiger partial charge in [-0.1, -0.05) is 11.8 Å². The molecule has 0 aromatic rings. The maximum Gasteiger partial charge on any atom is 0.291 e. The molecule has 0 aromatic carbocycles. The second kappa shape index (κ2) is 6.80. The summed E-state index contributed by atoms with van der Waals surface area (Å²) >= 11 is 1.67. The number of nitrogens with one attached hydrogen (secondary N) is 1. The molecule has 0 aliphatic heterocycles. The highest BCUT2D eigenvalue weighted by atomic mass is 32.2. The van der Waals surface area contributed by atoms with Gasteiger partial charge in [0, 0.05) is 13.0 Å². The Hall–Kier alpha value is -0.0100. The van der Waals surface area contributed by atoms with Crippen LogP contribution in [0.15, 0.2) is 0 Å². The molecule has 1 atom stereocenters. The van der Waals surface area contributed by atoms with E-state index in [1.165, 1.54) is 0 Å². The molecule has 0 heterocycles. The van der Waals surface area contributed by atoms with Crippen LogP contribution < -0.4 is 11.1 Å². The highest BCUT2D eigenvalue weighted by molar-refractivity contribution is 8.14. The molecule has 1 saturated carbocycles. The van der Waals surface area contributed by atoms with E-state index in [1.54, 1.807) is 0 Å². The summed E-state index contributed by atoms with van der Waals surface area (Å²) < 4.78 is 24.9. The number of alkyl halides is 2. The number of carbonyl (C=O) groups excluding carboxylic acids is 1. The largest absolute Gasteiger partial charge is 0.344 e. The predicted molar refractivity (Wildman–Crippen MR) is 69.4 cm³/mol. The lowest BCUT2D eigenvalue weighted by Gasteiger charge is -2.12. The first-order valence-electron chi connectivity index (χ1n) is 5.61. The zero-order valence-electron chi connectivity index (χ0n) is 9.75. The van der Waals surface area contributed by atoms with Gasteiger partial charge in [-0.05, 0) is 43.2 Å². The quantitative estimate of drug-likeness (QED) is 0.557. The lowest BCUT2D eigenvalue weighted by molar-refractivity contribution is 0.129. The van der Waals surface area contributed by atoms with E-state index in [0.717, 1.165) is 31.5 Å². The highest BCUT2D eigenvalue weighted by Crippen LogP contribution is 2.29. The molecule has 1 aliphatic carbocycles. The van der Waals surface area contributed by atoms with Gasteiger partial charge in [0.1, 0.15) is 0 Å². The van der Waals surface area contributed by atoms with Crippen molar-refractivity contribution < 1.29 is 13.6 Å². The summed E-state index contributed by atoms with van der Waals surface area (Å²) in [5.41, 5.74) is 5.73. The zero-order valence-corrected chi connectivity index (χ0v) is 11.4. The Labute approximate surface area is 109 Å². The van der Waals surface area contributed by atoms with Crippen molar-refractivity contribution in [1.29, 1.82) is 0 Å². The molecule has 0 spiro atoms. The van der Waals surface area contributed by atoms with Crippen LogP contribution in [-0.4, -0.2) is 27.7 Å². The Kier molecular flexibility index (Phi) is 6.02. The van der Waals surface area contributed by atoms with Gasteiger partial charge in [-0.25, -0.2) is 0 Å². The molecule has 0 saturated heterocycles. The van der Waals surface area contributed by atoms with Crippen LogP contribution in [0.5, 0.6) is 0 Å². The van der Waals surface area contributed by atoms with Crippen LogP contribution in [0.25, 0.3) is 0 Å². The monoisotopic (exact) mass is 284 g/mol. The summed E-state index contributed by atoms with van der Waals surface area (Å²) in [6.07, 6.45) is 3.26. The summed E-state index contributed by atoms with van der Waals surface area (Å²) in [5, 5.41) is -0.271. The smallest absolute Gasteiger partial charge is 0.291 e. The summed E-state index contributed by atoms with van der Waals surface area (Å²) in [6, 6.07) is 0.330. The maximum atomic E-state index is 12.5. The average molecular weight is 284 g/mol. The highest BCUT2D eigenvalue weighted by Gasteiger charge is 2.24. The molecule has 1 rings (SSSR count). The van der Waals surface area contributed by atoms with Crippen molar-refractivity contribution >= 4 is 28.8 Å². The summed E-state index contributed by atoms with van der Waals surface area (Å²) in [4.78, 5) is 11.3. The summed E-state index contributed by atoms with van der Waals surface area (Å²) in [7, 11) is 0. The van der Waals surface area contributed by atoms with E-state index in [9.17, 15) is 13.6 Å². The number of carbonyl (C=O) groups is 1. The Morgan fingerprint density at radius 1 is 1.59 bits per heavy atom. The number of nitrogens with two attached hydrogens (primary N) is 1. The molecule has 7 heteroatoms. The first kappa shape index (κ1) is 15.0. The molecule has 100 valence electrons. The van der Waals surface area contributed by atoms with E-state index < -0.39 is 5.25 Å². The molecule has 1 amide bonds. The molecule has 0 bridgehead atoms. The molecule has 1 unspecified atom stereocenters. The van der Waals surface area contributed by atoms with Crippen molar-refractivity contribution in [1.82, 2.24) is 5.32 Å². The van der Waals surface area contributed by atoms with Crippen LogP contribution in [-0.2, 0) is 0 Å². The second-order valence-electron chi connectivity index (χ2n) is 4.16. The number of hydrogen-bond donors (Lipinski definition) is 2. The molecule has 1 fully saturated rings. The fourth-order valence-electron chi connectivity index (χ4n) is 1.16. The Bertz CT molecular complexity index is 257. The lowest BCUT2D eigenvalue weighted by Crippen LogP contribution is -2.26. The van der Waals surface area contributed by atoms with Gasteiger partial charge in [0.05, 0.1) is 5.37 Å². The minimum absolute atomic E-state index is 0.103. The zero-order chi connectivity index (χ0) is 12.9. The average Bonchev–Trinajstić information content (AvgIpc) is 2.94. The molecular weight excluding hydrogens is 266 g/mol. The summed E-state index contributed by atoms with van der Waals surface area (Å²) in [5.74, 6) is 0.363. The molecule has 17 heavy (non-hydrogen) atoms. The molecule has 3 nitrogen and oxygen atoms in total. The third-order valence-electron chi connectivity index (χ3n) is 2.15. The van der Waals surface area contributed by atoms with E-state index >= 15 is 0 Å². The third-order valence-corrected chi connectivity index (χ3v) is 4.02. The minimum Gasteiger partial charge on any atom is -0.344 e. The van der Waals surface area contributed by atoms with Crippen molar-refractivity contribution in [3.63, 3.8) is 0 Å². The first-order valence-corrected chi connectivity index (χ1v) is 7.48. The van der Waals surface area contributed by atoms with Gasteiger partial charge in [0.2, 0.25) is 0 Å². The van der Waals surface area contributed by atoms with Crippen LogP contribution >= 0.6 is 23.5 Å². The number of halogens is 2. The molecular formula is C10H18F2N2OS2. The van der Waals surface area contributed by atoms with Gasteiger partial charge in [-0.15, -0.1) is 0 Å². The van der Waals surface area contributed by atoms with Crippen molar-refractivity contribution in [3.05, 3.63) is 0 Å². The number of amides is 1. The van der Waals surface area contributed by atoms with Crippen LogP contribution in [0.1, 0.15) is 32.6 Å². The van der Waals surface area contributed by atoms with E-state index in [2.05, 4.69) is 5.32 Å². The van der Waals surface area contributed by atoms with E-state index in [1.807, 2.05) is 0 Å². The van der Waals surface area contributed by atoms with Gasteiger partial charge in [-0.3, -0.25) is 4.79 Å². The van der Waals surface area contributed by atoms with Gasteiger partial charge < -0.3 is 11.1 Å². The maximum absolute atomic E-state index is 12.5. The number of rotatable bonds is 7. The first-order chi connectivity index (χ1) is 7.87. The van der Waals surface area contributed by atoms with Crippen LogP contribution in [0.3, 0.4) is 0 Å². The van der Waals surface area contributed by atoms with Crippen LogP contribution in [0.4, 0.5) is 13.6 Å². The van der Waals surface area contributed by atoms with E-state index in [4.69, 9.17) is 5.73 Å². The normalized spacial score (nSPS) is 17.9. The number of hydrogen-bond acceptors (Lipinski definition) is 4. The topological polar surface area (TPSA) is 55.1 Å². The fraction of sp³-hybridized carbons (Fsp3) is 0.900. The molecule has 0 aromatic heterocycles. The minimum atomic E-state index is -2.68.